The minimum absolute atomic E-state index is 0.278. The standard InChI is InChI=1S/C17H36N2O2/c1-8-10-14(11-9-2)19-15(13(3)4)12-18-16(20)21-17(5,6)7/h13-15,19H,8-12H2,1-7H3,(H,18,20). The van der Waals surface area contributed by atoms with E-state index in [-0.39, 0.29) is 12.1 Å². The van der Waals surface area contributed by atoms with Crippen LogP contribution in [0.25, 0.3) is 0 Å². The lowest BCUT2D eigenvalue weighted by molar-refractivity contribution is 0.0518. The molecule has 4 heteroatoms. The first-order chi connectivity index (χ1) is 9.69. The highest BCUT2D eigenvalue weighted by Crippen LogP contribution is 2.10. The van der Waals surface area contributed by atoms with Crippen molar-refractivity contribution in [1.82, 2.24) is 10.6 Å². The molecular weight excluding hydrogens is 264 g/mol. The van der Waals surface area contributed by atoms with Crippen LogP contribution in [0.3, 0.4) is 0 Å². The molecule has 0 aromatic heterocycles. The van der Waals surface area contributed by atoms with Gasteiger partial charge in [0, 0.05) is 18.6 Å². The van der Waals surface area contributed by atoms with Crippen molar-refractivity contribution in [2.75, 3.05) is 6.54 Å². The van der Waals surface area contributed by atoms with Gasteiger partial charge < -0.3 is 15.4 Å². The van der Waals surface area contributed by atoms with Gasteiger partial charge in [0.1, 0.15) is 5.60 Å². The molecule has 21 heavy (non-hydrogen) atoms. The summed E-state index contributed by atoms with van der Waals surface area (Å²) in [7, 11) is 0. The van der Waals surface area contributed by atoms with E-state index in [0.29, 0.717) is 18.5 Å². The van der Waals surface area contributed by atoms with Crippen molar-refractivity contribution in [3.8, 4) is 0 Å². The molecule has 0 aliphatic carbocycles. The third-order valence-electron chi connectivity index (χ3n) is 3.39. The summed E-state index contributed by atoms with van der Waals surface area (Å²) in [6.07, 6.45) is 4.40. The molecule has 0 bridgehead atoms. The Labute approximate surface area is 131 Å². The second kappa shape index (κ2) is 10.0. The number of rotatable bonds is 9. The SMILES string of the molecule is CCCC(CCC)NC(CNC(=O)OC(C)(C)C)C(C)C. The number of carbonyl (C=O) groups is 1. The minimum atomic E-state index is -0.447. The molecule has 0 aromatic rings. The predicted molar refractivity (Wildman–Crippen MR) is 89.6 cm³/mol. The number of nitrogens with one attached hydrogen (secondary N) is 2. The van der Waals surface area contributed by atoms with Gasteiger partial charge in [-0.2, -0.15) is 0 Å². The minimum Gasteiger partial charge on any atom is -0.444 e. The van der Waals surface area contributed by atoms with Crippen molar-refractivity contribution in [1.29, 1.82) is 0 Å². The van der Waals surface area contributed by atoms with Crippen LogP contribution < -0.4 is 10.6 Å². The molecule has 0 saturated heterocycles. The van der Waals surface area contributed by atoms with Crippen LogP contribution in [0.5, 0.6) is 0 Å². The summed E-state index contributed by atoms with van der Waals surface area (Å²) in [5.41, 5.74) is -0.447. The fraction of sp³-hybridized carbons (Fsp3) is 0.941. The maximum absolute atomic E-state index is 11.8. The molecule has 4 nitrogen and oxygen atoms in total. The molecular formula is C17H36N2O2. The van der Waals surface area contributed by atoms with E-state index in [2.05, 4.69) is 38.3 Å². The smallest absolute Gasteiger partial charge is 0.407 e. The molecule has 0 heterocycles. The molecule has 0 aliphatic rings. The molecule has 0 fully saturated rings. The average Bonchev–Trinajstić information content (AvgIpc) is 2.32. The van der Waals surface area contributed by atoms with Crippen molar-refractivity contribution in [3.63, 3.8) is 0 Å². The monoisotopic (exact) mass is 300 g/mol. The first-order valence-electron chi connectivity index (χ1n) is 8.42. The van der Waals surface area contributed by atoms with Gasteiger partial charge in [0.2, 0.25) is 0 Å². The lowest BCUT2D eigenvalue weighted by atomic mass is 10.00. The number of hydrogen-bond acceptors (Lipinski definition) is 3. The molecule has 1 unspecified atom stereocenters. The van der Waals surface area contributed by atoms with E-state index in [4.69, 9.17) is 4.74 Å². The normalized spacial score (nSPS) is 13.6. The fourth-order valence-corrected chi connectivity index (χ4v) is 2.31. The maximum atomic E-state index is 11.8. The first-order valence-corrected chi connectivity index (χ1v) is 8.42. The maximum Gasteiger partial charge on any atom is 0.407 e. The third kappa shape index (κ3) is 10.6. The quantitative estimate of drug-likeness (QED) is 0.674. The van der Waals surface area contributed by atoms with Crippen LogP contribution in [-0.2, 0) is 4.74 Å². The van der Waals surface area contributed by atoms with Gasteiger partial charge in [-0.05, 0) is 39.5 Å². The first kappa shape index (κ1) is 20.2. The molecule has 126 valence electrons. The molecule has 0 rings (SSSR count). The van der Waals surface area contributed by atoms with Crippen LogP contribution >= 0.6 is 0 Å². The lowest BCUT2D eigenvalue weighted by Crippen LogP contribution is -2.49. The lowest BCUT2D eigenvalue weighted by Gasteiger charge is -2.29. The van der Waals surface area contributed by atoms with Crippen molar-refractivity contribution in [2.24, 2.45) is 5.92 Å². The van der Waals surface area contributed by atoms with Gasteiger partial charge in [0.25, 0.3) is 0 Å². The Balaban J connectivity index is 4.38. The number of alkyl carbamates (subject to hydrolysis) is 1. The molecule has 0 aliphatic heterocycles. The molecule has 1 amide bonds. The van der Waals surface area contributed by atoms with E-state index in [1.807, 2.05) is 20.8 Å². The van der Waals surface area contributed by atoms with Gasteiger partial charge in [-0.1, -0.05) is 40.5 Å². The summed E-state index contributed by atoms with van der Waals surface area (Å²) in [5, 5.41) is 6.59. The summed E-state index contributed by atoms with van der Waals surface area (Å²) in [5.74, 6) is 0.469. The topological polar surface area (TPSA) is 50.4 Å². The average molecular weight is 300 g/mol. The summed E-state index contributed by atoms with van der Waals surface area (Å²) in [6.45, 7) is 15.0. The fourth-order valence-electron chi connectivity index (χ4n) is 2.31. The van der Waals surface area contributed by atoms with Crippen molar-refractivity contribution < 1.29 is 9.53 Å². The predicted octanol–water partition coefficient (Wildman–Crippen LogP) is 4.09. The van der Waals surface area contributed by atoms with Crippen molar-refractivity contribution in [2.45, 2.75) is 91.8 Å². The highest BCUT2D eigenvalue weighted by atomic mass is 16.6. The van der Waals surface area contributed by atoms with E-state index < -0.39 is 5.60 Å². The second-order valence-electron chi connectivity index (χ2n) is 7.17. The van der Waals surface area contributed by atoms with Crippen LogP contribution in [0.4, 0.5) is 4.79 Å². The largest absolute Gasteiger partial charge is 0.444 e. The molecule has 0 spiro atoms. The van der Waals surface area contributed by atoms with Crippen LogP contribution in [0, 0.1) is 5.92 Å². The molecule has 0 aromatic carbocycles. The van der Waals surface area contributed by atoms with Gasteiger partial charge in [-0.25, -0.2) is 4.79 Å². The molecule has 0 saturated carbocycles. The summed E-state index contributed by atoms with van der Waals surface area (Å²) in [6, 6.07) is 0.813. The Kier molecular flexibility index (Phi) is 9.67. The van der Waals surface area contributed by atoms with Crippen LogP contribution in [0.1, 0.15) is 74.1 Å². The summed E-state index contributed by atoms with van der Waals surface area (Å²) < 4.78 is 5.29. The van der Waals surface area contributed by atoms with Gasteiger partial charge >= 0.3 is 6.09 Å². The van der Waals surface area contributed by atoms with E-state index in [0.717, 1.165) is 0 Å². The number of ether oxygens (including phenoxy) is 1. The third-order valence-corrected chi connectivity index (χ3v) is 3.39. The van der Waals surface area contributed by atoms with Gasteiger partial charge in [0.15, 0.2) is 0 Å². The number of hydrogen-bond donors (Lipinski definition) is 2. The molecule has 1 atom stereocenters. The summed E-state index contributed by atoms with van der Waals surface area (Å²) >= 11 is 0. The summed E-state index contributed by atoms with van der Waals surface area (Å²) in [4.78, 5) is 11.8. The Hall–Kier alpha value is -0.770. The highest BCUT2D eigenvalue weighted by Gasteiger charge is 2.20. The number of amides is 1. The Morgan fingerprint density at radius 1 is 1.10 bits per heavy atom. The Morgan fingerprint density at radius 3 is 2.00 bits per heavy atom. The van der Waals surface area contributed by atoms with Crippen molar-refractivity contribution in [3.05, 3.63) is 0 Å². The zero-order chi connectivity index (χ0) is 16.5. The highest BCUT2D eigenvalue weighted by molar-refractivity contribution is 5.67. The van der Waals surface area contributed by atoms with E-state index in [1.165, 1.54) is 25.7 Å². The molecule has 2 N–H and O–H groups in total. The van der Waals surface area contributed by atoms with Crippen LogP contribution in [-0.4, -0.2) is 30.3 Å². The van der Waals surface area contributed by atoms with Gasteiger partial charge in [-0.3, -0.25) is 0 Å². The van der Waals surface area contributed by atoms with Crippen molar-refractivity contribution >= 4 is 6.09 Å². The Bertz CT molecular complexity index is 279. The number of carbonyl (C=O) groups excluding carboxylic acids is 1. The van der Waals surface area contributed by atoms with Gasteiger partial charge in [-0.15, -0.1) is 0 Å². The van der Waals surface area contributed by atoms with E-state index in [9.17, 15) is 4.79 Å². The Morgan fingerprint density at radius 2 is 1.62 bits per heavy atom. The zero-order valence-corrected chi connectivity index (χ0v) is 15.1. The zero-order valence-electron chi connectivity index (χ0n) is 15.1. The van der Waals surface area contributed by atoms with Crippen LogP contribution in [0.2, 0.25) is 0 Å². The van der Waals surface area contributed by atoms with E-state index in [1.54, 1.807) is 0 Å². The van der Waals surface area contributed by atoms with E-state index >= 15 is 0 Å². The van der Waals surface area contributed by atoms with Gasteiger partial charge in [0.05, 0.1) is 0 Å². The second-order valence-corrected chi connectivity index (χ2v) is 7.17. The van der Waals surface area contributed by atoms with Crippen LogP contribution in [0.15, 0.2) is 0 Å². The molecule has 0 radical (unpaired) electrons.